The molecule has 0 radical (unpaired) electrons. The summed E-state index contributed by atoms with van der Waals surface area (Å²) < 4.78 is 0. The van der Waals surface area contributed by atoms with Crippen molar-refractivity contribution >= 4 is 41.4 Å². The molecule has 0 saturated carbocycles. The fraction of sp³-hybridized carbons (Fsp3) is 0. The summed E-state index contributed by atoms with van der Waals surface area (Å²) >= 11 is 11.3. The van der Waals surface area contributed by atoms with E-state index in [1.165, 1.54) is 0 Å². The number of hydrogen-bond donors (Lipinski definition) is 2. The van der Waals surface area contributed by atoms with E-state index >= 15 is 0 Å². The quantitative estimate of drug-likeness (QED) is 0.560. The van der Waals surface area contributed by atoms with Crippen LogP contribution in [0.5, 0.6) is 0 Å². The van der Waals surface area contributed by atoms with E-state index in [2.05, 4.69) is 0 Å². The third-order valence-electron chi connectivity index (χ3n) is 1.23. The van der Waals surface area contributed by atoms with Crippen LogP contribution in [0.1, 0.15) is 5.56 Å². The third-order valence-corrected chi connectivity index (χ3v) is 1.97. The molecule has 0 saturated heterocycles. The summed E-state index contributed by atoms with van der Waals surface area (Å²) in [6.07, 6.45) is 0. The highest BCUT2D eigenvalue weighted by molar-refractivity contribution is 6.42. The molecule has 2 nitrogen and oxygen atoms in total. The number of hydrogen-bond acceptors (Lipinski definition) is 1. The number of nitrogens with two attached hydrogens (primary N) is 1. The SMILES string of the molecule is Cl.N=C(N)c1ccc(Cl)c(Cl)c1. The molecule has 0 heterocycles. The molecular weight excluding hydrogens is 218 g/mol. The highest BCUT2D eigenvalue weighted by Crippen LogP contribution is 2.22. The van der Waals surface area contributed by atoms with Gasteiger partial charge in [0.1, 0.15) is 5.84 Å². The van der Waals surface area contributed by atoms with Crippen molar-refractivity contribution in [2.75, 3.05) is 0 Å². The van der Waals surface area contributed by atoms with E-state index in [1.807, 2.05) is 0 Å². The lowest BCUT2D eigenvalue weighted by molar-refractivity contribution is 1.42. The van der Waals surface area contributed by atoms with Crippen LogP contribution in [0.25, 0.3) is 0 Å². The van der Waals surface area contributed by atoms with Gasteiger partial charge >= 0.3 is 0 Å². The van der Waals surface area contributed by atoms with Crippen LogP contribution in [-0.2, 0) is 0 Å². The Hall–Kier alpha value is -0.440. The molecule has 1 aromatic rings. The minimum Gasteiger partial charge on any atom is -0.384 e. The van der Waals surface area contributed by atoms with Crippen molar-refractivity contribution in [3.05, 3.63) is 33.8 Å². The van der Waals surface area contributed by atoms with Crippen molar-refractivity contribution < 1.29 is 0 Å². The summed E-state index contributed by atoms with van der Waals surface area (Å²) in [5.41, 5.74) is 5.80. The second-order valence-corrected chi connectivity index (χ2v) is 2.86. The summed E-state index contributed by atoms with van der Waals surface area (Å²) in [6, 6.07) is 4.82. The number of nitrogens with one attached hydrogen (secondary N) is 1. The summed E-state index contributed by atoms with van der Waals surface area (Å²) in [5.74, 6) is -0.0106. The van der Waals surface area contributed by atoms with Gasteiger partial charge in [0.2, 0.25) is 0 Å². The number of benzene rings is 1. The zero-order valence-corrected chi connectivity index (χ0v) is 8.30. The number of halogens is 3. The molecule has 66 valence electrons. The fourth-order valence-electron chi connectivity index (χ4n) is 0.664. The van der Waals surface area contributed by atoms with Gasteiger partial charge in [-0.3, -0.25) is 5.41 Å². The minimum absolute atomic E-state index is 0. The lowest BCUT2D eigenvalue weighted by Crippen LogP contribution is -2.10. The van der Waals surface area contributed by atoms with Gasteiger partial charge in [-0.2, -0.15) is 0 Å². The smallest absolute Gasteiger partial charge is 0.122 e. The Kier molecular flexibility index (Phi) is 4.39. The molecule has 0 amide bonds. The fourth-order valence-corrected chi connectivity index (χ4v) is 0.962. The predicted octanol–water partition coefficient (Wildman–Crippen LogP) is 2.70. The lowest BCUT2D eigenvalue weighted by atomic mass is 10.2. The van der Waals surface area contributed by atoms with E-state index in [4.69, 9.17) is 34.3 Å². The molecular formula is C7H7Cl3N2. The average Bonchev–Trinajstić information content (AvgIpc) is 1.94. The maximum absolute atomic E-state index is 7.08. The van der Waals surface area contributed by atoms with Gasteiger partial charge in [-0.1, -0.05) is 23.2 Å². The van der Waals surface area contributed by atoms with Crippen molar-refractivity contribution in [3.8, 4) is 0 Å². The van der Waals surface area contributed by atoms with E-state index in [0.29, 0.717) is 15.6 Å². The van der Waals surface area contributed by atoms with Crippen molar-refractivity contribution in [1.82, 2.24) is 0 Å². The van der Waals surface area contributed by atoms with Crippen LogP contribution in [0.2, 0.25) is 10.0 Å². The van der Waals surface area contributed by atoms with Gasteiger partial charge in [0, 0.05) is 5.56 Å². The van der Waals surface area contributed by atoms with E-state index in [-0.39, 0.29) is 18.2 Å². The molecule has 0 unspecified atom stereocenters. The van der Waals surface area contributed by atoms with Crippen molar-refractivity contribution in [1.29, 1.82) is 5.41 Å². The molecule has 0 aliphatic carbocycles. The Bertz CT molecular complexity index is 299. The number of nitrogen functional groups attached to an aromatic ring is 1. The van der Waals surface area contributed by atoms with Crippen LogP contribution < -0.4 is 5.73 Å². The topological polar surface area (TPSA) is 49.9 Å². The van der Waals surface area contributed by atoms with Gasteiger partial charge in [0.05, 0.1) is 10.0 Å². The number of amidine groups is 1. The third kappa shape index (κ3) is 2.55. The molecule has 1 rings (SSSR count). The van der Waals surface area contributed by atoms with Crippen LogP contribution in [-0.4, -0.2) is 5.84 Å². The number of rotatable bonds is 1. The molecule has 0 aliphatic heterocycles. The zero-order valence-electron chi connectivity index (χ0n) is 5.97. The van der Waals surface area contributed by atoms with E-state index < -0.39 is 0 Å². The molecule has 1 aromatic carbocycles. The van der Waals surface area contributed by atoms with Gasteiger partial charge in [0.15, 0.2) is 0 Å². The first-order chi connectivity index (χ1) is 5.11. The van der Waals surface area contributed by atoms with E-state index in [0.717, 1.165) is 0 Å². The molecule has 0 bridgehead atoms. The summed E-state index contributed by atoms with van der Waals surface area (Å²) in [6.45, 7) is 0. The van der Waals surface area contributed by atoms with Crippen molar-refractivity contribution in [2.45, 2.75) is 0 Å². The van der Waals surface area contributed by atoms with Crippen molar-refractivity contribution in [2.24, 2.45) is 5.73 Å². The second kappa shape index (κ2) is 4.55. The van der Waals surface area contributed by atoms with Crippen LogP contribution in [0.3, 0.4) is 0 Å². The molecule has 0 spiro atoms. The largest absolute Gasteiger partial charge is 0.384 e. The first-order valence-electron chi connectivity index (χ1n) is 2.90. The zero-order chi connectivity index (χ0) is 8.43. The Morgan fingerprint density at radius 2 is 1.83 bits per heavy atom. The maximum Gasteiger partial charge on any atom is 0.122 e. The van der Waals surface area contributed by atoms with Gasteiger partial charge < -0.3 is 5.73 Å². The Morgan fingerprint density at radius 1 is 1.25 bits per heavy atom. The predicted molar refractivity (Wildman–Crippen MR) is 54.7 cm³/mol. The van der Waals surface area contributed by atoms with E-state index in [9.17, 15) is 0 Å². The van der Waals surface area contributed by atoms with E-state index in [1.54, 1.807) is 18.2 Å². The summed E-state index contributed by atoms with van der Waals surface area (Å²) in [7, 11) is 0. The minimum atomic E-state index is -0.0106. The monoisotopic (exact) mass is 224 g/mol. The van der Waals surface area contributed by atoms with Crippen LogP contribution >= 0.6 is 35.6 Å². The Balaban J connectivity index is 0.00000121. The Morgan fingerprint density at radius 3 is 2.25 bits per heavy atom. The van der Waals surface area contributed by atoms with Gasteiger partial charge in [-0.15, -0.1) is 12.4 Å². The second-order valence-electron chi connectivity index (χ2n) is 2.04. The molecule has 5 heteroatoms. The normalized spacial score (nSPS) is 8.83. The highest BCUT2D eigenvalue weighted by atomic mass is 35.5. The van der Waals surface area contributed by atoms with Crippen molar-refractivity contribution in [3.63, 3.8) is 0 Å². The van der Waals surface area contributed by atoms with Gasteiger partial charge in [-0.05, 0) is 18.2 Å². The first kappa shape index (κ1) is 11.6. The molecule has 0 aromatic heterocycles. The van der Waals surface area contributed by atoms with Crippen LogP contribution in [0.4, 0.5) is 0 Å². The molecule has 0 fully saturated rings. The molecule has 0 atom stereocenters. The summed E-state index contributed by atoms with van der Waals surface area (Å²) in [4.78, 5) is 0. The van der Waals surface area contributed by atoms with Gasteiger partial charge in [-0.25, -0.2) is 0 Å². The van der Waals surface area contributed by atoms with Crippen LogP contribution in [0, 0.1) is 5.41 Å². The van der Waals surface area contributed by atoms with Crippen LogP contribution in [0.15, 0.2) is 18.2 Å². The first-order valence-corrected chi connectivity index (χ1v) is 3.66. The lowest BCUT2D eigenvalue weighted by Gasteiger charge is -1.99. The van der Waals surface area contributed by atoms with Gasteiger partial charge in [0.25, 0.3) is 0 Å². The maximum atomic E-state index is 7.08. The Labute approximate surface area is 86.6 Å². The average molecular weight is 226 g/mol. The highest BCUT2D eigenvalue weighted by Gasteiger charge is 2.00. The molecule has 12 heavy (non-hydrogen) atoms. The summed E-state index contributed by atoms with van der Waals surface area (Å²) in [5, 5.41) is 7.96. The standard InChI is InChI=1S/C7H6Cl2N2.ClH/c8-5-2-1-4(7(10)11)3-6(5)9;/h1-3H,(H3,10,11);1H. The molecule has 3 N–H and O–H groups in total. The molecule has 0 aliphatic rings.